The van der Waals surface area contributed by atoms with E-state index in [0.717, 1.165) is 25.7 Å². The predicted octanol–water partition coefficient (Wildman–Crippen LogP) is 3.49. The molecule has 1 aromatic rings. The fourth-order valence-electron chi connectivity index (χ4n) is 4.13. The lowest BCUT2D eigenvalue weighted by Crippen LogP contribution is -2.44. The summed E-state index contributed by atoms with van der Waals surface area (Å²) in [7, 11) is 0. The van der Waals surface area contributed by atoms with Crippen LogP contribution in [0.2, 0.25) is 10.0 Å². The average molecular weight is 401 g/mol. The SMILES string of the molecule is N[C@@H](c1cc(Cl)c(Cl)cc1O)C1CCN(C(=O)C2CCC(O)CC2)CC1. The number of amides is 1. The number of aliphatic hydroxyl groups is 1. The first-order valence-electron chi connectivity index (χ1n) is 9.27. The molecule has 4 N–H and O–H groups in total. The maximum Gasteiger partial charge on any atom is 0.225 e. The van der Waals surface area contributed by atoms with E-state index in [1.807, 2.05) is 4.90 Å². The molecule has 1 atom stereocenters. The molecule has 5 nitrogen and oxygen atoms in total. The molecule has 2 aliphatic rings. The van der Waals surface area contributed by atoms with Gasteiger partial charge < -0.3 is 20.8 Å². The largest absolute Gasteiger partial charge is 0.508 e. The van der Waals surface area contributed by atoms with Crippen molar-refractivity contribution in [3.63, 3.8) is 0 Å². The van der Waals surface area contributed by atoms with E-state index in [1.54, 1.807) is 6.07 Å². The van der Waals surface area contributed by atoms with Gasteiger partial charge >= 0.3 is 0 Å². The molecule has 144 valence electrons. The monoisotopic (exact) mass is 400 g/mol. The summed E-state index contributed by atoms with van der Waals surface area (Å²) < 4.78 is 0. The van der Waals surface area contributed by atoms with Crippen LogP contribution in [0.15, 0.2) is 12.1 Å². The van der Waals surface area contributed by atoms with E-state index in [1.165, 1.54) is 6.07 Å². The topological polar surface area (TPSA) is 86.8 Å². The Morgan fingerprint density at radius 1 is 1.08 bits per heavy atom. The third-order valence-corrected chi connectivity index (χ3v) is 6.56. The van der Waals surface area contributed by atoms with Crippen LogP contribution in [0.4, 0.5) is 0 Å². The standard InChI is InChI=1S/C19H26Cl2N2O3/c20-15-9-14(17(25)10-16(15)21)18(22)11-5-7-23(8-6-11)19(26)12-1-3-13(24)4-2-12/h9-13,18,24-25H,1-8,22H2/t12?,13?,18-/m1/s1. The molecule has 1 saturated carbocycles. The van der Waals surface area contributed by atoms with Gasteiger partial charge in [0.2, 0.25) is 5.91 Å². The fourth-order valence-corrected chi connectivity index (χ4v) is 4.46. The molecule has 1 saturated heterocycles. The number of likely N-dealkylation sites (tertiary alicyclic amines) is 1. The van der Waals surface area contributed by atoms with Gasteiger partial charge in [-0.25, -0.2) is 0 Å². The highest BCUT2D eigenvalue weighted by Gasteiger charge is 2.33. The molecule has 1 aliphatic carbocycles. The zero-order valence-electron chi connectivity index (χ0n) is 14.7. The van der Waals surface area contributed by atoms with Gasteiger partial charge in [0.1, 0.15) is 5.75 Å². The molecule has 7 heteroatoms. The van der Waals surface area contributed by atoms with Gasteiger partial charge in [0.25, 0.3) is 0 Å². The van der Waals surface area contributed by atoms with Gasteiger partial charge in [-0.15, -0.1) is 0 Å². The highest BCUT2D eigenvalue weighted by molar-refractivity contribution is 6.42. The lowest BCUT2D eigenvalue weighted by Gasteiger charge is -2.37. The van der Waals surface area contributed by atoms with Gasteiger partial charge in [-0.05, 0) is 50.5 Å². The van der Waals surface area contributed by atoms with Gasteiger partial charge in [0.15, 0.2) is 0 Å². The van der Waals surface area contributed by atoms with Crippen LogP contribution in [0.1, 0.15) is 50.1 Å². The van der Waals surface area contributed by atoms with E-state index in [-0.39, 0.29) is 35.6 Å². The van der Waals surface area contributed by atoms with E-state index in [9.17, 15) is 15.0 Å². The predicted molar refractivity (Wildman–Crippen MR) is 102 cm³/mol. The first-order chi connectivity index (χ1) is 12.4. The molecule has 2 fully saturated rings. The van der Waals surface area contributed by atoms with E-state index in [4.69, 9.17) is 28.9 Å². The molecule has 0 aromatic heterocycles. The molecule has 0 unspecified atom stereocenters. The summed E-state index contributed by atoms with van der Waals surface area (Å²) in [6, 6.07) is 2.72. The number of nitrogens with zero attached hydrogens (tertiary/aromatic N) is 1. The van der Waals surface area contributed by atoms with Crippen molar-refractivity contribution in [3.05, 3.63) is 27.7 Å². The number of hydrogen-bond acceptors (Lipinski definition) is 4. The smallest absolute Gasteiger partial charge is 0.225 e. The van der Waals surface area contributed by atoms with Crippen LogP contribution in [0.25, 0.3) is 0 Å². The average Bonchev–Trinajstić information content (AvgIpc) is 2.64. The molecule has 26 heavy (non-hydrogen) atoms. The third-order valence-electron chi connectivity index (χ3n) is 5.83. The van der Waals surface area contributed by atoms with E-state index in [2.05, 4.69) is 0 Å². The van der Waals surface area contributed by atoms with Crippen molar-refractivity contribution in [2.24, 2.45) is 17.6 Å². The van der Waals surface area contributed by atoms with Gasteiger partial charge in [-0.3, -0.25) is 4.79 Å². The van der Waals surface area contributed by atoms with Crippen LogP contribution >= 0.6 is 23.2 Å². The Balaban J connectivity index is 1.58. The Labute approximate surface area is 164 Å². The normalized spacial score (nSPS) is 25.9. The van der Waals surface area contributed by atoms with Crippen molar-refractivity contribution < 1.29 is 15.0 Å². The lowest BCUT2D eigenvalue weighted by molar-refractivity contribution is -0.138. The number of phenols is 1. The Morgan fingerprint density at radius 3 is 2.27 bits per heavy atom. The zero-order chi connectivity index (χ0) is 18.8. The maximum atomic E-state index is 12.7. The third kappa shape index (κ3) is 4.28. The van der Waals surface area contributed by atoms with Gasteiger partial charge in [0, 0.05) is 36.7 Å². The number of benzene rings is 1. The van der Waals surface area contributed by atoms with Crippen molar-refractivity contribution in [1.82, 2.24) is 4.90 Å². The summed E-state index contributed by atoms with van der Waals surface area (Å²) in [6.07, 6.45) is 4.32. The van der Waals surface area contributed by atoms with Crippen molar-refractivity contribution in [2.45, 2.75) is 50.7 Å². The number of piperidine rings is 1. The highest BCUT2D eigenvalue weighted by atomic mass is 35.5. The second-order valence-electron chi connectivity index (χ2n) is 7.52. The second-order valence-corrected chi connectivity index (χ2v) is 8.33. The zero-order valence-corrected chi connectivity index (χ0v) is 16.2. The second kappa shape index (κ2) is 8.34. The van der Waals surface area contributed by atoms with Gasteiger partial charge in [-0.1, -0.05) is 23.2 Å². The summed E-state index contributed by atoms with van der Waals surface area (Å²) in [5, 5.41) is 20.4. The van der Waals surface area contributed by atoms with Gasteiger partial charge in [-0.2, -0.15) is 0 Å². The van der Waals surface area contributed by atoms with Crippen molar-refractivity contribution in [3.8, 4) is 5.75 Å². The first kappa shape index (κ1) is 19.7. The molecular formula is C19H26Cl2N2O3. The van der Waals surface area contributed by atoms with Crippen molar-refractivity contribution >= 4 is 29.1 Å². The molecule has 0 spiro atoms. The van der Waals surface area contributed by atoms with Crippen LogP contribution in [0, 0.1) is 11.8 Å². The number of rotatable bonds is 3. The van der Waals surface area contributed by atoms with Crippen LogP contribution in [-0.4, -0.2) is 40.2 Å². The van der Waals surface area contributed by atoms with Crippen LogP contribution in [0.5, 0.6) is 5.75 Å². The number of hydrogen-bond donors (Lipinski definition) is 3. The van der Waals surface area contributed by atoms with E-state index < -0.39 is 0 Å². The minimum absolute atomic E-state index is 0.0442. The number of halogens is 2. The summed E-state index contributed by atoms with van der Waals surface area (Å²) in [5.41, 5.74) is 6.98. The lowest BCUT2D eigenvalue weighted by atomic mass is 9.83. The first-order valence-corrected chi connectivity index (χ1v) is 10.0. The fraction of sp³-hybridized carbons (Fsp3) is 0.632. The molecule has 3 rings (SSSR count). The van der Waals surface area contributed by atoms with E-state index >= 15 is 0 Å². The molecule has 0 bridgehead atoms. The van der Waals surface area contributed by atoms with Crippen molar-refractivity contribution in [2.75, 3.05) is 13.1 Å². The summed E-state index contributed by atoms with van der Waals surface area (Å²) in [4.78, 5) is 14.6. The Kier molecular flexibility index (Phi) is 6.33. The Bertz CT molecular complexity index is 654. The maximum absolute atomic E-state index is 12.7. The van der Waals surface area contributed by atoms with Crippen LogP contribution < -0.4 is 5.73 Å². The van der Waals surface area contributed by atoms with Gasteiger partial charge in [0.05, 0.1) is 16.1 Å². The van der Waals surface area contributed by atoms with Crippen LogP contribution in [0.3, 0.4) is 0 Å². The summed E-state index contributed by atoms with van der Waals surface area (Å²) in [6.45, 7) is 1.36. The summed E-state index contributed by atoms with van der Waals surface area (Å²) in [5.74, 6) is 0.491. The molecule has 1 heterocycles. The summed E-state index contributed by atoms with van der Waals surface area (Å²) >= 11 is 12.0. The minimum atomic E-state index is -0.341. The molecule has 1 aliphatic heterocycles. The number of nitrogens with two attached hydrogens (primary N) is 1. The Morgan fingerprint density at radius 2 is 1.65 bits per heavy atom. The number of aliphatic hydroxyl groups excluding tert-OH is 1. The molecular weight excluding hydrogens is 375 g/mol. The minimum Gasteiger partial charge on any atom is -0.508 e. The molecule has 0 radical (unpaired) electrons. The van der Waals surface area contributed by atoms with Crippen molar-refractivity contribution in [1.29, 1.82) is 0 Å². The number of carbonyl (C=O) groups is 1. The van der Waals surface area contributed by atoms with Crippen LogP contribution in [-0.2, 0) is 4.79 Å². The number of phenolic OH excluding ortho intramolecular Hbond substituents is 1. The number of carbonyl (C=O) groups excluding carboxylic acids is 1. The Hall–Kier alpha value is -1.01. The highest BCUT2D eigenvalue weighted by Crippen LogP contribution is 2.38. The quantitative estimate of drug-likeness (QED) is 0.724. The number of aromatic hydroxyl groups is 1. The molecule has 1 aromatic carbocycles. The molecule has 1 amide bonds. The van der Waals surface area contributed by atoms with E-state index in [0.29, 0.717) is 41.5 Å².